The zero-order valence-electron chi connectivity index (χ0n) is 15.5. The van der Waals surface area contributed by atoms with E-state index in [1.165, 1.54) is 0 Å². The van der Waals surface area contributed by atoms with Crippen LogP contribution in [0.1, 0.15) is 27.7 Å². The van der Waals surface area contributed by atoms with Crippen LogP contribution in [0.15, 0.2) is 0 Å². The van der Waals surface area contributed by atoms with Gasteiger partial charge in [-0.05, 0) is 25.1 Å². The Bertz CT molecular complexity index is 490. The van der Waals surface area contributed by atoms with Crippen LogP contribution in [0.5, 0.6) is 0 Å². The molecular weight excluding hydrogens is 376 g/mol. The molecule has 0 aromatic rings. The summed E-state index contributed by atoms with van der Waals surface area (Å²) in [4.78, 5) is 14.4. The Balaban J connectivity index is 1.93. The molecule has 0 spiro atoms. The minimum atomic E-state index is -1.88. The number of hydrogen-bond donors (Lipinski definition) is 1. The zero-order chi connectivity index (χ0) is 18.1. The third-order valence-corrected chi connectivity index (χ3v) is 12.4. The fraction of sp³-hybridized carbons (Fsp3) is 0.875. The van der Waals surface area contributed by atoms with Crippen LogP contribution >= 0.6 is 35.7 Å². The first-order chi connectivity index (χ1) is 11.0. The topological polar surface area (TPSA) is 41.6 Å². The van der Waals surface area contributed by atoms with E-state index in [0.29, 0.717) is 0 Å². The van der Waals surface area contributed by atoms with Crippen molar-refractivity contribution >= 4 is 54.3 Å². The van der Waals surface area contributed by atoms with E-state index in [2.05, 4.69) is 44.1 Å². The highest BCUT2D eigenvalue weighted by atomic mass is 32.2. The summed E-state index contributed by atoms with van der Waals surface area (Å²) in [6.07, 6.45) is -0.0724. The van der Waals surface area contributed by atoms with Crippen LogP contribution in [0.3, 0.4) is 0 Å². The average Bonchev–Trinajstić information content (AvgIpc) is 2.45. The third kappa shape index (κ3) is 4.69. The molecule has 8 heteroatoms. The maximum atomic E-state index is 12.1. The number of amides is 1. The van der Waals surface area contributed by atoms with Gasteiger partial charge in [-0.2, -0.15) is 11.8 Å². The molecule has 0 aliphatic carbocycles. The van der Waals surface area contributed by atoms with Crippen LogP contribution in [-0.2, 0) is 9.22 Å². The van der Waals surface area contributed by atoms with Gasteiger partial charge in [0.15, 0.2) is 8.32 Å². The summed E-state index contributed by atoms with van der Waals surface area (Å²) in [5, 5.41) is 3.19. The summed E-state index contributed by atoms with van der Waals surface area (Å²) in [5.41, 5.74) is 0. The van der Waals surface area contributed by atoms with E-state index in [4.69, 9.17) is 16.6 Å². The number of thioether (sulfide) groups is 2. The molecule has 4 nitrogen and oxygen atoms in total. The van der Waals surface area contributed by atoms with Crippen molar-refractivity contribution in [2.24, 2.45) is 5.92 Å². The van der Waals surface area contributed by atoms with Gasteiger partial charge in [-0.1, -0.05) is 44.8 Å². The van der Waals surface area contributed by atoms with Crippen molar-refractivity contribution in [3.63, 3.8) is 0 Å². The SMILES string of the molecule is C[C@@H](O[Si](C)(C)C(C)(C)C)[C@H]1C(=O)N[C@@H]1SC(=S)N1CCSCC1. The van der Waals surface area contributed by atoms with Crippen molar-refractivity contribution < 1.29 is 9.22 Å². The monoisotopic (exact) mass is 406 g/mol. The van der Waals surface area contributed by atoms with Crippen molar-refractivity contribution in [3.8, 4) is 0 Å². The van der Waals surface area contributed by atoms with Gasteiger partial charge in [-0.3, -0.25) is 4.79 Å². The quantitative estimate of drug-likeness (QED) is 0.437. The van der Waals surface area contributed by atoms with E-state index in [1.54, 1.807) is 11.8 Å². The van der Waals surface area contributed by atoms with Gasteiger partial charge in [0, 0.05) is 24.6 Å². The molecule has 0 unspecified atom stereocenters. The zero-order valence-corrected chi connectivity index (χ0v) is 19.0. The first-order valence-electron chi connectivity index (χ1n) is 8.54. The molecule has 0 aromatic carbocycles. The number of β-lactam (4-membered cyclic amide) rings is 1. The van der Waals surface area contributed by atoms with Gasteiger partial charge in [0.25, 0.3) is 0 Å². The molecule has 2 saturated heterocycles. The van der Waals surface area contributed by atoms with Gasteiger partial charge in [0.1, 0.15) is 4.32 Å². The normalized spacial score (nSPS) is 26.6. The molecule has 2 rings (SSSR count). The molecule has 138 valence electrons. The molecular formula is C16H30N2O2S3Si. The fourth-order valence-electron chi connectivity index (χ4n) is 2.57. The summed E-state index contributed by atoms with van der Waals surface area (Å²) in [6, 6.07) is 0. The van der Waals surface area contributed by atoms with Crippen molar-refractivity contribution in [1.29, 1.82) is 0 Å². The Labute approximate surface area is 161 Å². The molecule has 0 saturated carbocycles. The predicted octanol–water partition coefficient (Wildman–Crippen LogP) is 3.54. The van der Waals surface area contributed by atoms with Gasteiger partial charge in [-0.25, -0.2) is 0 Å². The van der Waals surface area contributed by atoms with Gasteiger partial charge < -0.3 is 14.6 Å². The molecule has 3 atom stereocenters. The van der Waals surface area contributed by atoms with E-state index < -0.39 is 8.32 Å². The molecule has 0 bridgehead atoms. The van der Waals surface area contributed by atoms with Crippen molar-refractivity contribution in [3.05, 3.63) is 0 Å². The molecule has 1 amide bonds. The van der Waals surface area contributed by atoms with E-state index in [1.807, 2.05) is 18.7 Å². The number of hydrogen-bond acceptors (Lipinski definition) is 5. The predicted molar refractivity (Wildman–Crippen MR) is 112 cm³/mol. The van der Waals surface area contributed by atoms with Gasteiger partial charge >= 0.3 is 0 Å². The lowest BCUT2D eigenvalue weighted by Crippen LogP contribution is -2.63. The second kappa shape index (κ2) is 7.86. The van der Waals surface area contributed by atoms with Gasteiger partial charge in [0.05, 0.1) is 17.4 Å². The molecule has 2 aliphatic rings. The van der Waals surface area contributed by atoms with Crippen molar-refractivity contribution in [2.45, 2.75) is 57.3 Å². The van der Waals surface area contributed by atoms with Crippen LogP contribution in [0.2, 0.25) is 18.1 Å². The summed E-state index contributed by atoms with van der Waals surface area (Å²) in [5.74, 6) is 2.25. The molecule has 2 fully saturated rings. The van der Waals surface area contributed by atoms with Crippen molar-refractivity contribution in [1.82, 2.24) is 10.2 Å². The highest BCUT2D eigenvalue weighted by molar-refractivity contribution is 8.23. The minimum absolute atomic E-state index is 0.0411. The van der Waals surface area contributed by atoms with Crippen LogP contribution in [0, 0.1) is 5.92 Å². The Morgan fingerprint density at radius 1 is 1.42 bits per heavy atom. The summed E-state index contributed by atoms with van der Waals surface area (Å²) >= 11 is 9.19. The Morgan fingerprint density at radius 3 is 2.50 bits per heavy atom. The number of rotatable bonds is 4. The smallest absolute Gasteiger partial charge is 0.229 e. The van der Waals surface area contributed by atoms with E-state index in [9.17, 15) is 4.79 Å². The van der Waals surface area contributed by atoms with E-state index in [0.717, 1.165) is 28.9 Å². The highest BCUT2D eigenvalue weighted by Gasteiger charge is 2.48. The lowest BCUT2D eigenvalue weighted by atomic mass is 9.96. The van der Waals surface area contributed by atoms with Gasteiger partial charge in [0.2, 0.25) is 5.91 Å². The van der Waals surface area contributed by atoms with E-state index in [-0.39, 0.29) is 28.3 Å². The highest BCUT2D eigenvalue weighted by Crippen LogP contribution is 2.40. The second-order valence-corrected chi connectivity index (χ2v) is 15.8. The fourth-order valence-corrected chi connectivity index (χ4v) is 6.62. The summed E-state index contributed by atoms with van der Waals surface area (Å²) in [7, 11) is -1.88. The lowest BCUT2D eigenvalue weighted by Gasteiger charge is -2.45. The second-order valence-electron chi connectivity index (χ2n) is 8.02. The lowest BCUT2D eigenvalue weighted by molar-refractivity contribution is -0.136. The number of thiocarbonyl (C=S) groups is 1. The number of nitrogens with one attached hydrogen (secondary N) is 1. The number of carbonyl (C=O) groups is 1. The van der Waals surface area contributed by atoms with Crippen LogP contribution in [0.25, 0.3) is 0 Å². The van der Waals surface area contributed by atoms with Crippen LogP contribution in [-0.4, -0.2) is 59.5 Å². The Kier molecular flexibility index (Phi) is 6.73. The molecule has 2 aliphatic heterocycles. The third-order valence-electron chi connectivity index (χ3n) is 5.20. The average molecular weight is 407 g/mol. The molecule has 2 heterocycles. The van der Waals surface area contributed by atoms with Crippen LogP contribution < -0.4 is 5.32 Å². The standard InChI is InChI=1S/C16H30N2O2S3Si/c1-11(20-24(5,6)16(2,3)4)12-13(19)17-14(12)23-15(21)18-7-9-22-10-8-18/h11-12,14H,7-10H2,1-6H3,(H,17,19)/t11-,12+,14-/m1/s1. The number of carbonyl (C=O) groups excluding carboxylic acids is 1. The minimum Gasteiger partial charge on any atom is -0.413 e. The Morgan fingerprint density at radius 2 is 2.00 bits per heavy atom. The molecule has 1 N–H and O–H groups in total. The summed E-state index contributed by atoms with van der Waals surface area (Å²) < 4.78 is 7.35. The van der Waals surface area contributed by atoms with Crippen molar-refractivity contribution in [2.75, 3.05) is 24.6 Å². The molecule has 0 aromatic heterocycles. The van der Waals surface area contributed by atoms with Crippen LogP contribution in [0.4, 0.5) is 0 Å². The maximum absolute atomic E-state index is 12.1. The van der Waals surface area contributed by atoms with E-state index >= 15 is 0 Å². The first-order valence-corrected chi connectivity index (χ1v) is 13.9. The molecule has 24 heavy (non-hydrogen) atoms. The summed E-state index contributed by atoms with van der Waals surface area (Å²) in [6.45, 7) is 15.2. The largest absolute Gasteiger partial charge is 0.413 e. The first kappa shape index (κ1) is 20.5. The van der Waals surface area contributed by atoms with Gasteiger partial charge in [-0.15, -0.1) is 0 Å². The molecule has 0 radical (unpaired) electrons. The maximum Gasteiger partial charge on any atom is 0.229 e. The Hall–Kier alpha value is 0.237. The number of nitrogens with zero attached hydrogens (tertiary/aromatic N) is 1.